The Morgan fingerprint density at radius 3 is 2.67 bits per heavy atom. The van der Waals surface area contributed by atoms with Crippen LogP contribution in [0, 0.1) is 11.3 Å². The molecular formula is C22H22N2O3. The molecule has 0 saturated heterocycles. The van der Waals surface area contributed by atoms with E-state index in [0.717, 1.165) is 28.7 Å². The number of carbonyl (C=O) groups is 1. The summed E-state index contributed by atoms with van der Waals surface area (Å²) in [6.07, 6.45) is 2.81. The summed E-state index contributed by atoms with van der Waals surface area (Å²) in [6, 6.07) is 15.1. The maximum atomic E-state index is 12.9. The fraction of sp³-hybridized carbons (Fsp3) is 0.273. The molecule has 2 aromatic carbocycles. The molecule has 0 aliphatic rings. The quantitative estimate of drug-likeness (QED) is 0.629. The van der Waals surface area contributed by atoms with Crippen LogP contribution in [0.1, 0.15) is 30.0 Å². The lowest BCUT2D eigenvalue weighted by Crippen LogP contribution is -2.32. The van der Waals surface area contributed by atoms with E-state index in [1.165, 1.54) is 0 Å². The molecule has 5 nitrogen and oxygen atoms in total. The van der Waals surface area contributed by atoms with Gasteiger partial charge in [0, 0.05) is 30.1 Å². The Morgan fingerprint density at radius 1 is 1.22 bits per heavy atom. The number of furan rings is 1. The minimum absolute atomic E-state index is 0.0553. The first-order valence-electron chi connectivity index (χ1n) is 8.95. The van der Waals surface area contributed by atoms with Gasteiger partial charge in [0.25, 0.3) is 0 Å². The summed E-state index contributed by atoms with van der Waals surface area (Å²) in [5, 5.41) is 9.84. The number of ether oxygens (including phenoxy) is 1. The van der Waals surface area contributed by atoms with Gasteiger partial charge in [-0.2, -0.15) is 5.26 Å². The van der Waals surface area contributed by atoms with Crippen LogP contribution < -0.4 is 4.74 Å². The fourth-order valence-corrected chi connectivity index (χ4v) is 3.07. The summed E-state index contributed by atoms with van der Waals surface area (Å²) in [5.74, 6) is 0.780. The molecule has 3 rings (SSSR count). The van der Waals surface area contributed by atoms with E-state index in [1.54, 1.807) is 25.5 Å². The van der Waals surface area contributed by atoms with Gasteiger partial charge in [0.2, 0.25) is 5.91 Å². The van der Waals surface area contributed by atoms with Crippen LogP contribution in [-0.2, 0) is 17.8 Å². The smallest absolute Gasteiger partial charge is 0.227 e. The highest BCUT2D eigenvalue weighted by Crippen LogP contribution is 2.26. The van der Waals surface area contributed by atoms with E-state index < -0.39 is 0 Å². The van der Waals surface area contributed by atoms with Crippen LogP contribution in [0.5, 0.6) is 5.75 Å². The molecule has 0 atom stereocenters. The van der Waals surface area contributed by atoms with E-state index >= 15 is 0 Å². The third kappa shape index (κ3) is 4.29. The second kappa shape index (κ2) is 8.41. The molecule has 1 heterocycles. The van der Waals surface area contributed by atoms with Gasteiger partial charge in [-0.15, -0.1) is 0 Å². The number of hydrogen-bond acceptors (Lipinski definition) is 4. The Balaban J connectivity index is 1.75. The Hall–Kier alpha value is -3.26. The van der Waals surface area contributed by atoms with Crippen LogP contribution in [0.25, 0.3) is 11.0 Å². The zero-order valence-corrected chi connectivity index (χ0v) is 15.6. The first kappa shape index (κ1) is 18.5. The second-order valence-corrected chi connectivity index (χ2v) is 6.42. The first-order chi connectivity index (χ1) is 13.1. The lowest BCUT2D eigenvalue weighted by Gasteiger charge is -2.22. The predicted octanol–water partition coefficient (Wildman–Crippen LogP) is 4.29. The van der Waals surface area contributed by atoms with Gasteiger partial charge in [0.1, 0.15) is 11.3 Å². The molecule has 0 radical (unpaired) electrons. The minimum Gasteiger partial charge on any atom is -0.497 e. The Morgan fingerprint density at radius 2 is 2.00 bits per heavy atom. The lowest BCUT2D eigenvalue weighted by atomic mass is 10.1. The van der Waals surface area contributed by atoms with E-state index in [1.807, 2.05) is 35.2 Å². The first-order valence-corrected chi connectivity index (χ1v) is 8.95. The molecule has 0 N–H and O–H groups in total. The number of nitriles is 1. The molecule has 3 aromatic rings. The van der Waals surface area contributed by atoms with Gasteiger partial charge in [-0.3, -0.25) is 4.79 Å². The van der Waals surface area contributed by atoms with Crippen molar-refractivity contribution in [1.29, 1.82) is 5.26 Å². The molecule has 5 heteroatoms. The van der Waals surface area contributed by atoms with Crippen molar-refractivity contribution >= 4 is 16.9 Å². The SMILES string of the molecule is CCCN(Cc1ccc(C#N)cc1)C(=O)Cc1coc2cc(OC)ccc12. The number of methoxy groups -OCH3 is 1. The summed E-state index contributed by atoms with van der Waals surface area (Å²) in [7, 11) is 1.61. The molecular weight excluding hydrogens is 340 g/mol. The van der Waals surface area contributed by atoms with Crippen LogP contribution >= 0.6 is 0 Å². The number of fused-ring (bicyclic) bond motifs is 1. The average Bonchev–Trinajstić information content (AvgIpc) is 3.10. The predicted molar refractivity (Wildman–Crippen MR) is 103 cm³/mol. The number of benzene rings is 2. The van der Waals surface area contributed by atoms with Crippen LogP contribution in [0.4, 0.5) is 0 Å². The van der Waals surface area contributed by atoms with Crippen molar-refractivity contribution in [2.24, 2.45) is 0 Å². The summed E-state index contributed by atoms with van der Waals surface area (Å²) in [6.45, 7) is 3.27. The van der Waals surface area contributed by atoms with E-state index in [2.05, 4.69) is 13.0 Å². The van der Waals surface area contributed by atoms with Gasteiger partial charge in [-0.05, 0) is 36.2 Å². The van der Waals surface area contributed by atoms with Crippen molar-refractivity contribution in [2.75, 3.05) is 13.7 Å². The van der Waals surface area contributed by atoms with E-state index in [4.69, 9.17) is 14.4 Å². The molecule has 0 aliphatic heterocycles. The van der Waals surface area contributed by atoms with E-state index in [9.17, 15) is 4.79 Å². The second-order valence-electron chi connectivity index (χ2n) is 6.42. The van der Waals surface area contributed by atoms with E-state index in [0.29, 0.717) is 24.2 Å². The highest BCUT2D eigenvalue weighted by molar-refractivity contribution is 5.88. The molecule has 0 fully saturated rings. The number of rotatable bonds is 7. The largest absolute Gasteiger partial charge is 0.497 e. The number of nitrogens with zero attached hydrogens (tertiary/aromatic N) is 2. The highest BCUT2D eigenvalue weighted by Gasteiger charge is 2.17. The maximum Gasteiger partial charge on any atom is 0.227 e. The van der Waals surface area contributed by atoms with Crippen molar-refractivity contribution in [3.05, 3.63) is 65.4 Å². The van der Waals surface area contributed by atoms with E-state index in [-0.39, 0.29) is 12.3 Å². The third-order valence-electron chi connectivity index (χ3n) is 4.51. The molecule has 0 saturated carbocycles. The standard InChI is InChI=1S/C22H22N2O3/c1-3-10-24(14-17-6-4-16(13-23)5-7-17)22(25)11-18-15-27-21-12-19(26-2)8-9-20(18)21/h4-9,12,15H,3,10-11,14H2,1-2H3. The summed E-state index contributed by atoms with van der Waals surface area (Å²) in [4.78, 5) is 14.8. The molecule has 1 aromatic heterocycles. The van der Waals surface area contributed by atoms with Crippen molar-refractivity contribution in [2.45, 2.75) is 26.3 Å². The van der Waals surface area contributed by atoms with Crippen LogP contribution in [0.3, 0.4) is 0 Å². The monoisotopic (exact) mass is 362 g/mol. The van der Waals surface area contributed by atoms with Crippen molar-refractivity contribution in [3.63, 3.8) is 0 Å². The van der Waals surface area contributed by atoms with Gasteiger partial charge < -0.3 is 14.1 Å². The summed E-state index contributed by atoms with van der Waals surface area (Å²) < 4.78 is 10.8. The molecule has 0 spiro atoms. The molecule has 0 bridgehead atoms. The molecule has 27 heavy (non-hydrogen) atoms. The summed E-state index contributed by atoms with van der Waals surface area (Å²) >= 11 is 0. The van der Waals surface area contributed by atoms with Gasteiger partial charge >= 0.3 is 0 Å². The van der Waals surface area contributed by atoms with Crippen LogP contribution in [-0.4, -0.2) is 24.5 Å². The van der Waals surface area contributed by atoms with Crippen molar-refractivity contribution < 1.29 is 13.9 Å². The molecule has 138 valence electrons. The number of carbonyl (C=O) groups excluding carboxylic acids is 1. The van der Waals surface area contributed by atoms with Crippen molar-refractivity contribution in [3.8, 4) is 11.8 Å². The zero-order valence-electron chi connectivity index (χ0n) is 15.6. The van der Waals surface area contributed by atoms with Crippen molar-refractivity contribution in [1.82, 2.24) is 4.90 Å². The maximum absolute atomic E-state index is 12.9. The van der Waals surface area contributed by atoms with Gasteiger partial charge in [0.15, 0.2) is 0 Å². The number of amides is 1. The van der Waals surface area contributed by atoms with Gasteiger partial charge in [-0.25, -0.2) is 0 Å². The third-order valence-corrected chi connectivity index (χ3v) is 4.51. The zero-order chi connectivity index (χ0) is 19.2. The Labute approximate surface area is 158 Å². The minimum atomic E-state index is 0.0553. The van der Waals surface area contributed by atoms with Crippen LogP contribution in [0.2, 0.25) is 0 Å². The Kier molecular flexibility index (Phi) is 5.77. The van der Waals surface area contributed by atoms with Gasteiger partial charge in [0.05, 0.1) is 31.4 Å². The average molecular weight is 362 g/mol. The lowest BCUT2D eigenvalue weighted by molar-refractivity contribution is -0.131. The normalized spacial score (nSPS) is 10.6. The topological polar surface area (TPSA) is 66.5 Å². The molecule has 0 unspecified atom stereocenters. The molecule has 1 amide bonds. The van der Waals surface area contributed by atoms with Gasteiger partial charge in [-0.1, -0.05) is 19.1 Å². The number of hydrogen-bond donors (Lipinski definition) is 0. The molecule has 0 aliphatic carbocycles. The fourth-order valence-electron chi connectivity index (χ4n) is 3.07. The highest BCUT2D eigenvalue weighted by atomic mass is 16.5. The summed E-state index contributed by atoms with van der Waals surface area (Å²) in [5.41, 5.74) is 3.22. The van der Waals surface area contributed by atoms with Crippen LogP contribution in [0.15, 0.2) is 53.1 Å². The Bertz CT molecular complexity index is 967.